The normalized spacial score (nSPS) is 23.2. The molecule has 0 saturated carbocycles. The van der Waals surface area contributed by atoms with Crippen molar-refractivity contribution in [3.05, 3.63) is 37.9 Å². The number of rotatable bonds is 1. The fourth-order valence-corrected chi connectivity index (χ4v) is 6.13. The number of aryl methyl sites for hydroxylation is 1. The molecule has 0 radical (unpaired) electrons. The highest BCUT2D eigenvalue weighted by atomic mass is 32.1. The first kappa shape index (κ1) is 16.2. The third-order valence-electron chi connectivity index (χ3n) is 5.43. The highest BCUT2D eigenvalue weighted by Gasteiger charge is 2.36. The van der Waals surface area contributed by atoms with Crippen LogP contribution < -0.4 is 10.6 Å². The van der Waals surface area contributed by atoms with Crippen LogP contribution in [0.1, 0.15) is 64.6 Å². The van der Waals surface area contributed by atoms with Gasteiger partial charge < -0.3 is 10.6 Å². The lowest BCUT2D eigenvalue weighted by Crippen LogP contribution is -2.38. The van der Waals surface area contributed by atoms with Gasteiger partial charge in [0.05, 0.1) is 5.56 Å². The molecule has 1 amide bonds. The van der Waals surface area contributed by atoms with E-state index >= 15 is 0 Å². The van der Waals surface area contributed by atoms with Crippen molar-refractivity contribution in [3.63, 3.8) is 0 Å². The van der Waals surface area contributed by atoms with Crippen molar-refractivity contribution in [1.82, 2.24) is 5.32 Å². The Hall–Kier alpha value is -1.33. The van der Waals surface area contributed by atoms with Crippen LogP contribution in [0.4, 0.5) is 5.00 Å². The van der Waals surface area contributed by atoms with Gasteiger partial charge in [0.2, 0.25) is 0 Å². The van der Waals surface area contributed by atoms with Crippen molar-refractivity contribution in [2.45, 2.75) is 53.1 Å². The largest absolute Gasteiger partial charge is 0.352 e. The lowest BCUT2D eigenvalue weighted by molar-refractivity contribution is 0.0935. The van der Waals surface area contributed by atoms with Crippen LogP contribution in [0.5, 0.6) is 0 Å². The molecule has 24 heavy (non-hydrogen) atoms. The van der Waals surface area contributed by atoms with Gasteiger partial charge >= 0.3 is 0 Å². The summed E-state index contributed by atoms with van der Waals surface area (Å²) >= 11 is 3.50. The van der Waals surface area contributed by atoms with Gasteiger partial charge in [0.15, 0.2) is 0 Å². The molecular formula is C19H24N2OS2. The molecular weight excluding hydrogens is 336 g/mol. The second-order valence-corrected chi connectivity index (χ2v) is 10.1. The molecule has 128 valence electrons. The number of fused-ring (bicyclic) bond motifs is 3. The molecule has 5 heteroatoms. The molecule has 1 aliphatic carbocycles. The van der Waals surface area contributed by atoms with Gasteiger partial charge in [-0.2, -0.15) is 0 Å². The molecule has 2 aliphatic rings. The molecule has 0 saturated heterocycles. The molecule has 3 nitrogen and oxygen atoms in total. The van der Waals surface area contributed by atoms with Gasteiger partial charge in [-0.25, -0.2) is 0 Å². The lowest BCUT2D eigenvalue weighted by atomic mass is 9.72. The van der Waals surface area contributed by atoms with E-state index in [0.717, 1.165) is 23.4 Å². The molecule has 2 N–H and O–H groups in total. The van der Waals surface area contributed by atoms with Gasteiger partial charge in [-0.1, -0.05) is 20.8 Å². The summed E-state index contributed by atoms with van der Waals surface area (Å²) in [4.78, 5) is 15.4. The topological polar surface area (TPSA) is 41.1 Å². The third-order valence-corrected chi connectivity index (χ3v) is 7.70. The van der Waals surface area contributed by atoms with E-state index in [2.05, 4.69) is 49.8 Å². The molecule has 2 aromatic rings. The molecule has 0 fully saturated rings. The maximum absolute atomic E-state index is 12.8. The minimum absolute atomic E-state index is 0.0910. The van der Waals surface area contributed by atoms with Crippen LogP contribution in [0.25, 0.3) is 0 Å². The molecule has 2 aromatic heterocycles. The van der Waals surface area contributed by atoms with E-state index in [1.807, 2.05) is 0 Å². The smallest absolute Gasteiger partial charge is 0.256 e. The molecule has 0 bridgehead atoms. The summed E-state index contributed by atoms with van der Waals surface area (Å²) in [6.07, 6.45) is 3.22. The van der Waals surface area contributed by atoms with Crippen LogP contribution >= 0.6 is 22.7 Å². The van der Waals surface area contributed by atoms with Crippen LogP contribution in [0.15, 0.2) is 11.4 Å². The number of carbonyl (C=O) groups is 1. The fourth-order valence-electron chi connectivity index (χ4n) is 3.85. The zero-order valence-electron chi connectivity index (χ0n) is 14.7. The predicted octanol–water partition coefficient (Wildman–Crippen LogP) is 5.12. The fraction of sp³-hybridized carbons (Fsp3) is 0.526. The van der Waals surface area contributed by atoms with Gasteiger partial charge in [-0.15, -0.1) is 22.7 Å². The SMILES string of the molecule is Cc1ccsc1[C@H]1NC(=O)c2c(sc3c2CC[C@H](C(C)(C)C)C3)N1. The number of carbonyl (C=O) groups excluding carboxylic acids is 1. The van der Waals surface area contributed by atoms with Gasteiger partial charge in [-0.3, -0.25) is 4.79 Å². The summed E-state index contributed by atoms with van der Waals surface area (Å²) in [7, 11) is 0. The first-order valence-corrected chi connectivity index (χ1v) is 10.3. The van der Waals surface area contributed by atoms with E-state index in [0.29, 0.717) is 11.3 Å². The van der Waals surface area contributed by atoms with Crippen molar-refractivity contribution in [2.75, 3.05) is 5.32 Å². The van der Waals surface area contributed by atoms with Crippen LogP contribution in [-0.2, 0) is 12.8 Å². The Kier molecular flexibility index (Phi) is 3.77. The Balaban J connectivity index is 1.67. The summed E-state index contributed by atoms with van der Waals surface area (Å²) in [5, 5.41) is 9.89. The van der Waals surface area contributed by atoms with Gasteiger partial charge in [0.25, 0.3) is 5.91 Å². The van der Waals surface area contributed by atoms with Crippen molar-refractivity contribution in [3.8, 4) is 0 Å². The predicted molar refractivity (Wildman–Crippen MR) is 102 cm³/mol. The first-order valence-electron chi connectivity index (χ1n) is 8.60. The minimum Gasteiger partial charge on any atom is -0.352 e. The van der Waals surface area contributed by atoms with Crippen LogP contribution in [-0.4, -0.2) is 5.91 Å². The third kappa shape index (κ3) is 2.58. The van der Waals surface area contributed by atoms with Crippen LogP contribution in [0.3, 0.4) is 0 Å². The average Bonchev–Trinajstić information content (AvgIpc) is 3.08. The van der Waals surface area contributed by atoms with Crippen molar-refractivity contribution >= 4 is 33.6 Å². The molecule has 1 aliphatic heterocycles. The number of hydrogen-bond donors (Lipinski definition) is 2. The number of amides is 1. The Bertz CT molecular complexity index is 797. The Labute approximate surface area is 151 Å². The summed E-state index contributed by atoms with van der Waals surface area (Å²) in [5.41, 5.74) is 3.76. The molecule has 0 aromatic carbocycles. The van der Waals surface area contributed by atoms with E-state index in [9.17, 15) is 4.79 Å². The van der Waals surface area contributed by atoms with Crippen molar-refractivity contribution in [2.24, 2.45) is 11.3 Å². The molecule has 4 rings (SSSR count). The first-order chi connectivity index (χ1) is 11.3. The van der Waals surface area contributed by atoms with Crippen molar-refractivity contribution < 1.29 is 4.79 Å². The second kappa shape index (κ2) is 5.60. The summed E-state index contributed by atoms with van der Waals surface area (Å²) in [5.74, 6) is 0.789. The van der Waals surface area contributed by atoms with E-state index < -0.39 is 0 Å². The standard InChI is InChI=1S/C19H24N2OS2/c1-10-7-8-23-15(10)16-20-17(22)14-12-6-5-11(19(2,3)4)9-13(12)24-18(14)21-16/h7-8,11,16,21H,5-6,9H2,1-4H3,(H,20,22)/t11-,16-/m0/s1. The zero-order chi connectivity index (χ0) is 17.1. The van der Waals surface area contributed by atoms with Gasteiger partial charge in [-0.05, 0) is 60.1 Å². The molecule has 0 spiro atoms. The number of nitrogens with one attached hydrogen (secondary N) is 2. The highest BCUT2D eigenvalue weighted by molar-refractivity contribution is 7.16. The van der Waals surface area contributed by atoms with Crippen molar-refractivity contribution in [1.29, 1.82) is 0 Å². The monoisotopic (exact) mass is 360 g/mol. The maximum atomic E-state index is 12.8. The zero-order valence-corrected chi connectivity index (χ0v) is 16.3. The van der Waals surface area contributed by atoms with E-state index in [1.54, 1.807) is 22.7 Å². The molecule has 0 unspecified atom stereocenters. The quantitative estimate of drug-likeness (QED) is 0.741. The average molecular weight is 361 g/mol. The lowest BCUT2D eigenvalue weighted by Gasteiger charge is -2.34. The summed E-state index contributed by atoms with van der Waals surface area (Å²) < 4.78 is 0. The Morgan fingerprint density at radius 3 is 2.71 bits per heavy atom. The van der Waals surface area contributed by atoms with Crippen LogP contribution in [0.2, 0.25) is 0 Å². The number of thiophene rings is 2. The summed E-state index contributed by atoms with van der Waals surface area (Å²) in [6.45, 7) is 9.09. The molecule has 3 heterocycles. The molecule has 2 atom stereocenters. The van der Waals surface area contributed by atoms with Gasteiger partial charge in [0.1, 0.15) is 11.2 Å². The van der Waals surface area contributed by atoms with E-state index in [4.69, 9.17) is 0 Å². The van der Waals surface area contributed by atoms with E-state index in [-0.39, 0.29) is 12.1 Å². The Morgan fingerprint density at radius 2 is 2.04 bits per heavy atom. The Morgan fingerprint density at radius 1 is 1.25 bits per heavy atom. The highest BCUT2D eigenvalue weighted by Crippen LogP contribution is 2.46. The van der Waals surface area contributed by atoms with Gasteiger partial charge in [0, 0.05) is 9.75 Å². The van der Waals surface area contributed by atoms with E-state index in [1.165, 1.54) is 27.3 Å². The number of anilines is 1. The summed E-state index contributed by atoms with van der Waals surface area (Å²) in [6, 6.07) is 2.11. The maximum Gasteiger partial charge on any atom is 0.256 e. The minimum atomic E-state index is -0.0940. The van der Waals surface area contributed by atoms with Crippen LogP contribution in [0, 0.1) is 18.3 Å². The second-order valence-electron chi connectivity index (χ2n) is 8.03. The number of hydrogen-bond acceptors (Lipinski definition) is 4.